The predicted molar refractivity (Wildman–Crippen MR) is 134 cm³/mol. The molecule has 0 amide bonds. The Morgan fingerprint density at radius 1 is 1.23 bits per heavy atom. The highest BCUT2D eigenvalue weighted by Gasteiger charge is 2.22. The Hall–Kier alpha value is -2.04. The van der Waals surface area contributed by atoms with Crippen molar-refractivity contribution >= 4 is 29.9 Å². The quantitative estimate of drug-likeness (QED) is 0.209. The first-order chi connectivity index (χ1) is 14.8. The van der Waals surface area contributed by atoms with Crippen LogP contribution in [0.4, 0.5) is 0 Å². The summed E-state index contributed by atoms with van der Waals surface area (Å²) < 4.78 is 16.3. The SMILES string of the molecule is C=CCNC(=NCC(c1ccc(OC)cc1)N1CCOCC1)NCCc1ccco1.I. The van der Waals surface area contributed by atoms with Gasteiger partial charge in [-0.3, -0.25) is 9.89 Å². The number of ether oxygens (including phenoxy) is 2. The number of guanidine groups is 1. The molecule has 1 aromatic carbocycles. The van der Waals surface area contributed by atoms with Crippen molar-refractivity contribution in [2.45, 2.75) is 12.5 Å². The molecular formula is C23H33IN4O3. The largest absolute Gasteiger partial charge is 0.497 e. The number of methoxy groups -OCH3 is 1. The fraction of sp³-hybridized carbons (Fsp3) is 0.435. The van der Waals surface area contributed by atoms with E-state index >= 15 is 0 Å². The van der Waals surface area contributed by atoms with E-state index in [1.807, 2.05) is 30.3 Å². The summed E-state index contributed by atoms with van der Waals surface area (Å²) in [5, 5.41) is 6.69. The lowest BCUT2D eigenvalue weighted by atomic mass is 10.0. The van der Waals surface area contributed by atoms with Crippen LogP contribution >= 0.6 is 24.0 Å². The molecule has 1 saturated heterocycles. The lowest BCUT2D eigenvalue weighted by Gasteiger charge is -2.34. The van der Waals surface area contributed by atoms with E-state index in [0.29, 0.717) is 13.1 Å². The van der Waals surface area contributed by atoms with Crippen LogP contribution in [0.5, 0.6) is 5.75 Å². The Bertz CT molecular complexity index is 775. The summed E-state index contributed by atoms with van der Waals surface area (Å²) in [6.45, 7) is 9.11. The fourth-order valence-corrected chi connectivity index (χ4v) is 3.43. The first-order valence-corrected chi connectivity index (χ1v) is 10.4. The number of aliphatic imine (C=N–C) groups is 1. The minimum Gasteiger partial charge on any atom is -0.497 e. The normalized spacial score (nSPS) is 15.6. The van der Waals surface area contributed by atoms with Gasteiger partial charge in [0.2, 0.25) is 0 Å². The van der Waals surface area contributed by atoms with Gasteiger partial charge < -0.3 is 24.5 Å². The van der Waals surface area contributed by atoms with Crippen molar-refractivity contribution in [3.63, 3.8) is 0 Å². The van der Waals surface area contributed by atoms with Gasteiger partial charge in [-0.2, -0.15) is 0 Å². The van der Waals surface area contributed by atoms with Crippen molar-refractivity contribution in [3.05, 3.63) is 66.6 Å². The van der Waals surface area contributed by atoms with E-state index < -0.39 is 0 Å². The van der Waals surface area contributed by atoms with Crippen LogP contribution in [0.25, 0.3) is 0 Å². The Kier molecular flexibility index (Phi) is 11.5. The summed E-state index contributed by atoms with van der Waals surface area (Å²) >= 11 is 0. The maximum atomic E-state index is 5.55. The number of benzene rings is 1. The second kappa shape index (κ2) is 14.1. The Balaban J connectivity index is 0.00000341. The van der Waals surface area contributed by atoms with Gasteiger partial charge in [0.1, 0.15) is 11.5 Å². The summed E-state index contributed by atoms with van der Waals surface area (Å²) in [5.74, 6) is 2.58. The topological polar surface area (TPSA) is 71.3 Å². The monoisotopic (exact) mass is 540 g/mol. The third-order valence-corrected chi connectivity index (χ3v) is 5.07. The number of nitrogens with zero attached hydrogens (tertiary/aromatic N) is 2. The molecule has 8 heteroatoms. The Labute approximate surface area is 201 Å². The number of furan rings is 1. The number of rotatable bonds is 10. The van der Waals surface area contributed by atoms with Crippen LogP contribution in [0.3, 0.4) is 0 Å². The molecule has 1 fully saturated rings. The molecule has 0 aliphatic carbocycles. The molecule has 1 atom stereocenters. The van der Waals surface area contributed by atoms with Crippen molar-refractivity contribution in [1.29, 1.82) is 0 Å². The van der Waals surface area contributed by atoms with E-state index in [2.05, 4.69) is 34.2 Å². The number of hydrogen-bond donors (Lipinski definition) is 2. The van der Waals surface area contributed by atoms with Crippen LogP contribution in [0.15, 0.2) is 64.7 Å². The molecule has 0 spiro atoms. The molecule has 1 aliphatic rings. The molecule has 0 bridgehead atoms. The average molecular weight is 540 g/mol. The van der Waals surface area contributed by atoms with Crippen LogP contribution in [0, 0.1) is 0 Å². The Morgan fingerprint density at radius 3 is 2.65 bits per heavy atom. The van der Waals surface area contributed by atoms with Gasteiger partial charge in [-0.15, -0.1) is 30.6 Å². The zero-order valence-electron chi connectivity index (χ0n) is 18.1. The maximum Gasteiger partial charge on any atom is 0.191 e. The molecule has 170 valence electrons. The second-order valence-corrected chi connectivity index (χ2v) is 7.05. The van der Waals surface area contributed by atoms with E-state index in [0.717, 1.165) is 56.7 Å². The van der Waals surface area contributed by atoms with Crippen molar-refractivity contribution < 1.29 is 13.9 Å². The van der Waals surface area contributed by atoms with Gasteiger partial charge in [0.05, 0.1) is 39.2 Å². The minimum atomic E-state index is 0. The highest BCUT2D eigenvalue weighted by Crippen LogP contribution is 2.24. The molecule has 1 aliphatic heterocycles. The van der Waals surface area contributed by atoms with E-state index in [1.165, 1.54) is 5.56 Å². The molecule has 7 nitrogen and oxygen atoms in total. The van der Waals surface area contributed by atoms with E-state index in [4.69, 9.17) is 18.9 Å². The first-order valence-electron chi connectivity index (χ1n) is 10.4. The smallest absolute Gasteiger partial charge is 0.191 e. The molecule has 0 saturated carbocycles. The van der Waals surface area contributed by atoms with Crippen molar-refractivity contribution in [3.8, 4) is 5.75 Å². The second-order valence-electron chi connectivity index (χ2n) is 7.05. The number of morpholine rings is 1. The van der Waals surface area contributed by atoms with E-state index in [9.17, 15) is 0 Å². The van der Waals surface area contributed by atoms with Gasteiger partial charge in [-0.25, -0.2) is 0 Å². The first kappa shape index (κ1) is 25.2. The van der Waals surface area contributed by atoms with Crippen molar-refractivity contribution in [2.75, 3.05) is 53.0 Å². The highest BCUT2D eigenvalue weighted by atomic mass is 127. The highest BCUT2D eigenvalue weighted by molar-refractivity contribution is 14.0. The van der Waals surface area contributed by atoms with Crippen LogP contribution in [-0.2, 0) is 11.2 Å². The number of halogens is 1. The van der Waals surface area contributed by atoms with E-state index in [-0.39, 0.29) is 30.0 Å². The maximum absolute atomic E-state index is 5.55. The molecule has 0 radical (unpaired) electrons. The minimum absolute atomic E-state index is 0. The lowest BCUT2D eigenvalue weighted by Crippen LogP contribution is -2.42. The third kappa shape index (κ3) is 8.19. The molecular weight excluding hydrogens is 507 g/mol. The average Bonchev–Trinajstić information content (AvgIpc) is 3.32. The molecule has 31 heavy (non-hydrogen) atoms. The summed E-state index contributed by atoms with van der Waals surface area (Å²) in [7, 11) is 1.69. The van der Waals surface area contributed by atoms with Crippen LogP contribution < -0.4 is 15.4 Å². The lowest BCUT2D eigenvalue weighted by molar-refractivity contribution is 0.0179. The van der Waals surface area contributed by atoms with Gasteiger partial charge in [-0.1, -0.05) is 18.2 Å². The van der Waals surface area contributed by atoms with Crippen molar-refractivity contribution in [1.82, 2.24) is 15.5 Å². The fourth-order valence-electron chi connectivity index (χ4n) is 3.43. The summed E-state index contributed by atoms with van der Waals surface area (Å²) in [6.07, 6.45) is 4.32. The summed E-state index contributed by atoms with van der Waals surface area (Å²) in [5.41, 5.74) is 1.22. The van der Waals surface area contributed by atoms with E-state index in [1.54, 1.807) is 13.4 Å². The van der Waals surface area contributed by atoms with Crippen LogP contribution in [0.1, 0.15) is 17.4 Å². The zero-order chi connectivity index (χ0) is 21.0. The van der Waals surface area contributed by atoms with Crippen LogP contribution in [0.2, 0.25) is 0 Å². The molecule has 2 aromatic rings. The van der Waals surface area contributed by atoms with Gasteiger partial charge >= 0.3 is 0 Å². The standard InChI is InChI=1S/C23H32N4O3.HI/c1-3-11-24-23(25-12-10-21-5-4-15-30-21)26-18-22(27-13-16-29-17-14-27)19-6-8-20(28-2)9-7-19;/h3-9,15,22H,1,10-14,16-18H2,2H3,(H2,24,25,26);1H. The van der Waals surface area contributed by atoms with Gasteiger partial charge in [0.15, 0.2) is 5.96 Å². The zero-order valence-corrected chi connectivity index (χ0v) is 20.4. The van der Waals surface area contributed by atoms with Crippen molar-refractivity contribution in [2.24, 2.45) is 4.99 Å². The molecule has 2 N–H and O–H groups in total. The summed E-state index contributed by atoms with van der Waals surface area (Å²) in [4.78, 5) is 7.31. The van der Waals surface area contributed by atoms with Gasteiger partial charge in [0.25, 0.3) is 0 Å². The number of hydrogen-bond acceptors (Lipinski definition) is 5. The van der Waals surface area contributed by atoms with Gasteiger partial charge in [0, 0.05) is 32.6 Å². The molecule has 1 unspecified atom stereocenters. The van der Waals surface area contributed by atoms with Gasteiger partial charge in [-0.05, 0) is 29.8 Å². The summed E-state index contributed by atoms with van der Waals surface area (Å²) in [6, 6.07) is 12.3. The predicted octanol–water partition coefficient (Wildman–Crippen LogP) is 3.24. The van der Waals surface area contributed by atoms with Crippen LogP contribution in [-0.4, -0.2) is 63.9 Å². The molecule has 3 rings (SSSR count). The number of nitrogens with one attached hydrogen (secondary N) is 2. The molecule has 2 heterocycles. The Morgan fingerprint density at radius 2 is 2.00 bits per heavy atom. The third-order valence-electron chi connectivity index (χ3n) is 5.07. The molecule has 1 aromatic heterocycles.